The summed E-state index contributed by atoms with van der Waals surface area (Å²) in [6.07, 6.45) is 3.32. The smallest absolute Gasteiger partial charge is 0.326 e. The number of carbonyl (C=O) groups excluding carboxylic acids is 1. The van der Waals surface area contributed by atoms with Crippen LogP contribution in [0, 0.1) is 5.92 Å². The van der Waals surface area contributed by atoms with E-state index in [0.29, 0.717) is 19.8 Å². The number of carboxylic acid groups (broad SMARTS) is 1. The molecule has 0 aromatic carbocycles. The minimum Gasteiger partial charge on any atom is -0.480 e. The third-order valence-electron chi connectivity index (χ3n) is 4.00. The van der Waals surface area contributed by atoms with Crippen molar-refractivity contribution in [2.45, 2.75) is 44.7 Å². The van der Waals surface area contributed by atoms with Crippen LogP contribution in [0.5, 0.6) is 0 Å². The number of aliphatic carboxylic acids is 1. The molecule has 0 aromatic rings. The van der Waals surface area contributed by atoms with Crippen molar-refractivity contribution in [1.29, 1.82) is 0 Å². The van der Waals surface area contributed by atoms with Crippen LogP contribution in [0.1, 0.15) is 32.6 Å². The molecular weight excluding hydrogens is 248 g/mol. The first-order valence-corrected chi connectivity index (χ1v) is 6.97. The number of urea groups is 1. The molecule has 0 saturated carbocycles. The van der Waals surface area contributed by atoms with Gasteiger partial charge >= 0.3 is 12.0 Å². The molecule has 2 N–H and O–H groups in total. The highest BCUT2D eigenvalue weighted by atomic mass is 16.5. The van der Waals surface area contributed by atoms with Crippen molar-refractivity contribution < 1.29 is 19.4 Å². The fraction of sp³-hybridized carbons (Fsp3) is 0.846. The van der Waals surface area contributed by atoms with Gasteiger partial charge in [0, 0.05) is 25.8 Å². The zero-order valence-corrected chi connectivity index (χ0v) is 11.3. The summed E-state index contributed by atoms with van der Waals surface area (Å²) < 4.78 is 5.24. The molecule has 2 rings (SSSR count). The quantitative estimate of drug-likeness (QED) is 0.786. The lowest BCUT2D eigenvalue weighted by molar-refractivity contribution is -0.145. The summed E-state index contributed by atoms with van der Waals surface area (Å²) in [5.74, 6) is -0.902. The standard InChI is InChI=1S/C13H22N2O4/c1-9-3-2-6-15(11(9)12(16)17)13(18)14-10-4-7-19-8-5-10/h9-11H,2-8H2,1H3,(H,14,18)(H,16,17). The number of hydrogen-bond acceptors (Lipinski definition) is 3. The second-order valence-electron chi connectivity index (χ2n) is 5.43. The predicted molar refractivity (Wildman–Crippen MR) is 68.9 cm³/mol. The van der Waals surface area contributed by atoms with Gasteiger partial charge in [-0.25, -0.2) is 9.59 Å². The summed E-state index contributed by atoms with van der Waals surface area (Å²) in [4.78, 5) is 25.0. The largest absolute Gasteiger partial charge is 0.480 e. The van der Waals surface area contributed by atoms with E-state index in [2.05, 4.69) is 5.32 Å². The van der Waals surface area contributed by atoms with Crippen molar-refractivity contribution in [2.24, 2.45) is 5.92 Å². The van der Waals surface area contributed by atoms with E-state index in [4.69, 9.17) is 4.74 Å². The Balaban J connectivity index is 1.97. The Kier molecular flexibility index (Phi) is 4.63. The van der Waals surface area contributed by atoms with Crippen molar-refractivity contribution in [3.8, 4) is 0 Å². The molecule has 0 radical (unpaired) electrons. The van der Waals surface area contributed by atoms with Gasteiger partial charge in [0.15, 0.2) is 0 Å². The maximum Gasteiger partial charge on any atom is 0.326 e. The van der Waals surface area contributed by atoms with Gasteiger partial charge in [0.05, 0.1) is 0 Å². The SMILES string of the molecule is CC1CCCN(C(=O)NC2CCOCC2)C1C(=O)O. The van der Waals surface area contributed by atoms with Crippen LogP contribution >= 0.6 is 0 Å². The van der Waals surface area contributed by atoms with Gasteiger partial charge in [-0.1, -0.05) is 6.92 Å². The van der Waals surface area contributed by atoms with E-state index in [0.717, 1.165) is 25.7 Å². The molecule has 2 amide bonds. The van der Waals surface area contributed by atoms with Crippen molar-refractivity contribution in [1.82, 2.24) is 10.2 Å². The molecule has 2 aliphatic rings. The minimum atomic E-state index is -0.908. The van der Waals surface area contributed by atoms with Gasteiger partial charge in [-0.2, -0.15) is 0 Å². The Morgan fingerprint density at radius 2 is 1.95 bits per heavy atom. The average molecular weight is 270 g/mol. The summed E-state index contributed by atoms with van der Waals surface area (Å²) in [7, 11) is 0. The van der Waals surface area contributed by atoms with E-state index < -0.39 is 12.0 Å². The Bertz CT molecular complexity index is 342. The maximum absolute atomic E-state index is 12.2. The summed E-state index contributed by atoms with van der Waals surface area (Å²) in [6, 6.07) is -0.840. The highest BCUT2D eigenvalue weighted by Crippen LogP contribution is 2.23. The summed E-state index contributed by atoms with van der Waals surface area (Å²) in [5, 5.41) is 12.2. The molecule has 2 fully saturated rings. The van der Waals surface area contributed by atoms with Crippen LogP contribution in [0.4, 0.5) is 4.79 Å². The number of likely N-dealkylation sites (tertiary alicyclic amines) is 1. The first-order valence-electron chi connectivity index (χ1n) is 6.97. The molecule has 2 aliphatic heterocycles. The van der Waals surface area contributed by atoms with Crippen molar-refractivity contribution in [2.75, 3.05) is 19.8 Å². The van der Waals surface area contributed by atoms with Crippen LogP contribution in [-0.2, 0) is 9.53 Å². The van der Waals surface area contributed by atoms with Crippen LogP contribution in [0.2, 0.25) is 0 Å². The van der Waals surface area contributed by atoms with Crippen molar-refractivity contribution >= 4 is 12.0 Å². The maximum atomic E-state index is 12.2. The Morgan fingerprint density at radius 1 is 1.26 bits per heavy atom. The van der Waals surface area contributed by atoms with Crippen molar-refractivity contribution in [3.63, 3.8) is 0 Å². The molecule has 19 heavy (non-hydrogen) atoms. The highest BCUT2D eigenvalue weighted by molar-refractivity contribution is 5.83. The Labute approximate surface area is 113 Å². The van der Waals surface area contributed by atoms with Crippen LogP contribution < -0.4 is 5.32 Å². The Hall–Kier alpha value is -1.30. The third kappa shape index (κ3) is 3.37. The number of amides is 2. The molecule has 0 aromatic heterocycles. The van der Waals surface area contributed by atoms with Crippen LogP contribution in [0.15, 0.2) is 0 Å². The third-order valence-corrected chi connectivity index (χ3v) is 4.00. The van der Waals surface area contributed by atoms with Gasteiger partial charge in [-0.05, 0) is 31.6 Å². The van der Waals surface area contributed by atoms with Gasteiger partial charge in [0.1, 0.15) is 6.04 Å². The first kappa shape index (κ1) is 14.1. The monoisotopic (exact) mass is 270 g/mol. The van der Waals surface area contributed by atoms with E-state index in [-0.39, 0.29) is 18.0 Å². The molecule has 0 aliphatic carbocycles. The van der Waals surface area contributed by atoms with Gasteiger partial charge in [-0.15, -0.1) is 0 Å². The van der Waals surface area contributed by atoms with Gasteiger partial charge in [0.2, 0.25) is 0 Å². The lowest BCUT2D eigenvalue weighted by Gasteiger charge is -2.38. The summed E-state index contributed by atoms with van der Waals surface area (Å²) >= 11 is 0. The molecule has 2 saturated heterocycles. The number of ether oxygens (including phenoxy) is 1. The normalized spacial score (nSPS) is 29.0. The van der Waals surface area contributed by atoms with E-state index >= 15 is 0 Å². The van der Waals surface area contributed by atoms with E-state index in [1.165, 1.54) is 4.90 Å². The lowest BCUT2D eigenvalue weighted by atomic mass is 9.91. The van der Waals surface area contributed by atoms with Crippen molar-refractivity contribution in [3.05, 3.63) is 0 Å². The first-order chi connectivity index (χ1) is 9.09. The van der Waals surface area contributed by atoms with Crippen LogP contribution in [-0.4, -0.2) is 53.8 Å². The molecule has 2 heterocycles. The number of piperidine rings is 1. The molecule has 0 spiro atoms. The zero-order chi connectivity index (χ0) is 13.8. The topological polar surface area (TPSA) is 78.9 Å². The second kappa shape index (κ2) is 6.23. The number of rotatable bonds is 2. The van der Waals surface area contributed by atoms with Crippen LogP contribution in [0.3, 0.4) is 0 Å². The van der Waals surface area contributed by atoms with E-state index in [9.17, 15) is 14.7 Å². The number of hydrogen-bond donors (Lipinski definition) is 2. The summed E-state index contributed by atoms with van der Waals surface area (Å²) in [6.45, 7) is 3.73. The molecule has 2 unspecified atom stereocenters. The lowest BCUT2D eigenvalue weighted by Crippen LogP contribution is -2.57. The Morgan fingerprint density at radius 3 is 2.58 bits per heavy atom. The van der Waals surface area contributed by atoms with E-state index in [1.807, 2.05) is 6.92 Å². The molecule has 2 atom stereocenters. The number of carbonyl (C=O) groups is 2. The molecule has 108 valence electrons. The number of carboxylic acids is 1. The average Bonchev–Trinajstić information content (AvgIpc) is 2.39. The predicted octanol–water partition coefficient (Wildman–Crippen LogP) is 1.06. The number of nitrogens with zero attached hydrogens (tertiary/aromatic N) is 1. The molecule has 0 bridgehead atoms. The van der Waals surface area contributed by atoms with Gasteiger partial charge in [-0.3, -0.25) is 0 Å². The number of nitrogens with one attached hydrogen (secondary N) is 1. The van der Waals surface area contributed by atoms with Gasteiger partial charge in [0.25, 0.3) is 0 Å². The fourth-order valence-electron chi connectivity index (χ4n) is 2.89. The van der Waals surface area contributed by atoms with E-state index in [1.54, 1.807) is 0 Å². The molecule has 6 nitrogen and oxygen atoms in total. The van der Waals surface area contributed by atoms with Crippen LogP contribution in [0.25, 0.3) is 0 Å². The van der Waals surface area contributed by atoms with Gasteiger partial charge < -0.3 is 20.1 Å². The fourth-order valence-corrected chi connectivity index (χ4v) is 2.89. The molecular formula is C13H22N2O4. The highest BCUT2D eigenvalue weighted by Gasteiger charge is 2.37. The second-order valence-corrected chi connectivity index (χ2v) is 5.43. The minimum absolute atomic E-state index is 0.00619. The summed E-state index contributed by atoms with van der Waals surface area (Å²) in [5.41, 5.74) is 0. The zero-order valence-electron chi connectivity index (χ0n) is 11.3. The molecule has 6 heteroatoms.